The number of hydrogen-bond donors (Lipinski definition) is 1. The first-order valence-corrected chi connectivity index (χ1v) is 5.85. The van der Waals surface area contributed by atoms with Gasteiger partial charge in [-0.25, -0.2) is 0 Å². The molecule has 3 rings (SSSR count). The third-order valence-electron chi connectivity index (χ3n) is 3.29. The van der Waals surface area contributed by atoms with E-state index >= 15 is 0 Å². The normalized spacial score (nSPS) is 32.9. The van der Waals surface area contributed by atoms with Gasteiger partial charge in [0.2, 0.25) is 0 Å². The van der Waals surface area contributed by atoms with Crippen LogP contribution in [0.4, 0.5) is 0 Å². The summed E-state index contributed by atoms with van der Waals surface area (Å²) in [7, 11) is 0. The van der Waals surface area contributed by atoms with Crippen molar-refractivity contribution in [3.05, 3.63) is 23.5 Å². The van der Waals surface area contributed by atoms with E-state index in [2.05, 4.69) is 34.3 Å². The van der Waals surface area contributed by atoms with E-state index in [-0.39, 0.29) is 0 Å². The van der Waals surface area contributed by atoms with Crippen LogP contribution in [0.5, 0.6) is 0 Å². The molecule has 1 fully saturated rings. The number of aliphatic imine (C=N–C) groups is 1. The van der Waals surface area contributed by atoms with Gasteiger partial charge in [-0.15, -0.1) is 0 Å². The quantitative estimate of drug-likeness (QED) is 0.699. The van der Waals surface area contributed by atoms with E-state index in [9.17, 15) is 0 Å². The maximum absolute atomic E-state index is 5.35. The van der Waals surface area contributed by atoms with Crippen LogP contribution in [0.2, 0.25) is 0 Å². The standard InChI is InChI=1S/C12H17N3O/c1-9-6-11-12(14-9)7-10(8-13-11)15-2-4-16-5-3-15/h6-8,11-12,14H,2-5H2,1H3. The van der Waals surface area contributed by atoms with Gasteiger partial charge in [0.25, 0.3) is 0 Å². The summed E-state index contributed by atoms with van der Waals surface area (Å²) in [6.07, 6.45) is 6.48. The zero-order valence-electron chi connectivity index (χ0n) is 9.52. The minimum atomic E-state index is 0.296. The van der Waals surface area contributed by atoms with Gasteiger partial charge in [-0.1, -0.05) is 0 Å². The highest BCUT2D eigenvalue weighted by atomic mass is 16.5. The smallest absolute Gasteiger partial charge is 0.0938 e. The number of rotatable bonds is 1. The number of fused-ring (bicyclic) bond motifs is 1. The van der Waals surface area contributed by atoms with Crippen molar-refractivity contribution >= 4 is 6.21 Å². The number of dihydropyridines is 1. The predicted octanol–water partition coefficient (Wildman–Crippen LogP) is 0.531. The van der Waals surface area contributed by atoms with Crippen LogP contribution in [0.3, 0.4) is 0 Å². The molecule has 86 valence electrons. The second kappa shape index (κ2) is 3.94. The average molecular weight is 219 g/mol. The van der Waals surface area contributed by atoms with Crippen LogP contribution in [0.1, 0.15) is 6.92 Å². The number of nitrogens with one attached hydrogen (secondary N) is 1. The van der Waals surface area contributed by atoms with E-state index in [1.165, 1.54) is 11.4 Å². The monoisotopic (exact) mass is 219 g/mol. The number of allylic oxidation sites excluding steroid dienone is 2. The van der Waals surface area contributed by atoms with Crippen molar-refractivity contribution in [3.63, 3.8) is 0 Å². The molecule has 2 atom stereocenters. The fourth-order valence-corrected chi connectivity index (χ4v) is 2.43. The van der Waals surface area contributed by atoms with Crippen LogP contribution in [-0.4, -0.2) is 49.5 Å². The van der Waals surface area contributed by atoms with Gasteiger partial charge in [-0.3, -0.25) is 4.99 Å². The lowest BCUT2D eigenvalue weighted by Gasteiger charge is -2.32. The molecule has 0 radical (unpaired) electrons. The maximum atomic E-state index is 5.35. The first-order valence-electron chi connectivity index (χ1n) is 5.85. The zero-order chi connectivity index (χ0) is 11.0. The van der Waals surface area contributed by atoms with E-state index < -0.39 is 0 Å². The predicted molar refractivity (Wildman–Crippen MR) is 63.4 cm³/mol. The second-order valence-electron chi connectivity index (χ2n) is 4.48. The Balaban J connectivity index is 1.74. The highest BCUT2D eigenvalue weighted by molar-refractivity contribution is 5.79. The molecule has 0 spiro atoms. The summed E-state index contributed by atoms with van der Waals surface area (Å²) in [5, 5.41) is 3.44. The molecule has 4 nitrogen and oxygen atoms in total. The van der Waals surface area contributed by atoms with E-state index in [1.807, 2.05) is 6.21 Å². The fraction of sp³-hybridized carbons (Fsp3) is 0.583. The molecule has 16 heavy (non-hydrogen) atoms. The molecule has 0 saturated carbocycles. The zero-order valence-corrected chi connectivity index (χ0v) is 9.52. The molecule has 3 aliphatic heterocycles. The summed E-state index contributed by atoms with van der Waals surface area (Å²) < 4.78 is 5.35. The van der Waals surface area contributed by atoms with Gasteiger partial charge in [-0.2, -0.15) is 0 Å². The average Bonchev–Trinajstić information content (AvgIpc) is 2.69. The fourth-order valence-electron chi connectivity index (χ4n) is 2.43. The Labute approximate surface area is 95.7 Å². The van der Waals surface area contributed by atoms with Crippen LogP contribution in [0.25, 0.3) is 0 Å². The molecular formula is C12H17N3O. The summed E-state index contributed by atoms with van der Waals surface area (Å²) in [6.45, 7) is 5.69. The van der Waals surface area contributed by atoms with Gasteiger partial charge in [0.1, 0.15) is 0 Å². The Kier molecular flexibility index (Phi) is 2.44. The first-order chi connectivity index (χ1) is 7.83. The summed E-state index contributed by atoms with van der Waals surface area (Å²) in [5.41, 5.74) is 2.46. The van der Waals surface area contributed by atoms with Crippen LogP contribution in [0.15, 0.2) is 28.5 Å². The highest BCUT2D eigenvalue weighted by Gasteiger charge is 2.27. The number of ether oxygens (including phenoxy) is 1. The molecule has 0 aromatic rings. The van der Waals surface area contributed by atoms with Gasteiger partial charge < -0.3 is 15.0 Å². The van der Waals surface area contributed by atoms with Gasteiger partial charge in [0.15, 0.2) is 0 Å². The summed E-state index contributed by atoms with van der Waals surface area (Å²) in [4.78, 5) is 6.93. The SMILES string of the molecule is CC1=CC2N=CC(N3CCOCC3)=CC2N1. The van der Waals surface area contributed by atoms with Crippen LogP contribution in [-0.2, 0) is 4.74 Å². The lowest BCUT2D eigenvalue weighted by Crippen LogP contribution is -2.40. The largest absolute Gasteiger partial charge is 0.380 e. The molecule has 3 heterocycles. The Morgan fingerprint density at radius 2 is 2.19 bits per heavy atom. The molecule has 4 heteroatoms. The lowest BCUT2D eigenvalue weighted by atomic mass is 10.1. The van der Waals surface area contributed by atoms with Crippen molar-refractivity contribution in [2.45, 2.75) is 19.0 Å². The van der Waals surface area contributed by atoms with Gasteiger partial charge in [-0.05, 0) is 19.1 Å². The number of nitrogens with zero attached hydrogens (tertiary/aromatic N) is 2. The minimum Gasteiger partial charge on any atom is -0.380 e. The first kappa shape index (κ1) is 9.90. The highest BCUT2D eigenvalue weighted by Crippen LogP contribution is 2.20. The molecule has 0 aliphatic carbocycles. The van der Waals surface area contributed by atoms with Gasteiger partial charge in [0, 0.05) is 25.0 Å². The molecule has 1 N–H and O–H groups in total. The third-order valence-corrected chi connectivity index (χ3v) is 3.29. The molecule has 0 bridgehead atoms. The van der Waals surface area contributed by atoms with Crippen molar-refractivity contribution in [2.75, 3.05) is 26.3 Å². The summed E-state index contributed by atoms with van der Waals surface area (Å²) in [5.74, 6) is 0. The number of morpholine rings is 1. The second-order valence-corrected chi connectivity index (χ2v) is 4.48. The van der Waals surface area contributed by atoms with Crippen molar-refractivity contribution in [3.8, 4) is 0 Å². The molecule has 0 aromatic carbocycles. The van der Waals surface area contributed by atoms with Crippen LogP contribution in [0, 0.1) is 0 Å². The molecule has 0 aromatic heterocycles. The Morgan fingerprint density at radius 1 is 1.38 bits per heavy atom. The van der Waals surface area contributed by atoms with Crippen molar-refractivity contribution < 1.29 is 4.74 Å². The van der Waals surface area contributed by atoms with Crippen molar-refractivity contribution in [1.29, 1.82) is 0 Å². The summed E-state index contributed by atoms with van der Waals surface area (Å²) >= 11 is 0. The minimum absolute atomic E-state index is 0.296. The van der Waals surface area contributed by atoms with E-state index in [0.29, 0.717) is 12.1 Å². The molecular weight excluding hydrogens is 202 g/mol. The van der Waals surface area contributed by atoms with Gasteiger partial charge in [0.05, 0.1) is 31.0 Å². The Hall–Kier alpha value is -1.29. The molecule has 1 saturated heterocycles. The topological polar surface area (TPSA) is 36.9 Å². The van der Waals surface area contributed by atoms with Crippen molar-refractivity contribution in [1.82, 2.24) is 10.2 Å². The molecule has 3 aliphatic rings. The lowest BCUT2D eigenvalue weighted by molar-refractivity contribution is 0.0563. The number of hydrogen-bond acceptors (Lipinski definition) is 4. The molecule has 0 amide bonds. The third kappa shape index (κ3) is 1.73. The van der Waals surface area contributed by atoms with Crippen LogP contribution < -0.4 is 5.32 Å². The van der Waals surface area contributed by atoms with Gasteiger partial charge >= 0.3 is 0 Å². The van der Waals surface area contributed by atoms with E-state index in [1.54, 1.807) is 0 Å². The Morgan fingerprint density at radius 3 is 3.00 bits per heavy atom. The maximum Gasteiger partial charge on any atom is 0.0938 e. The van der Waals surface area contributed by atoms with Crippen LogP contribution >= 0.6 is 0 Å². The van der Waals surface area contributed by atoms with E-state index in [0.717, 1.165) is 26.3 Å². The molecule has 2 unspecified atom stereocenters. The van der Waals surface area contributed by atoms with Crippen molar-refractivity contribution in [2.24, 2.45) is 4.99 Å². The van der Waals surface area contributed by atoms with E-state index in [4.69, 9.17) is 4.74 Å². The Bertz CT molecular complexity index is 366. The summed E-state index contributed by atoms with van der Waals surface area (Å²) in [6, 6.07) is 0.646.